The van der Waals surface area contributed by atoms with Crippen LogP contribution in [0.2, 0.25) is 0 Å². The number of aliphatic imine (C=N–C) groups is 1. The van der Waals surface area contributed by atoms with E-state index < -0.39 is 5.97 Å². The second-order valence-corrected chi connectivity index (χ2v) is 5.35. The van der Waals surface area contributed by atoms with E-state index in [0.717, 1.165) is 0 Å². The lowest BCUT2D eigenvalue weighted by Gasteiger charge is -2.11. The minimum absolute atomic E-state index is 0.179. The third-order valence-corrected chi connectivity index (χ3v) is 3.76. The summed E-state index contributed by atoms with van der Waals surface area (Å²) in [6.07, 6.45) is 1.62. The fourth-order valence-electron chi connectivity index (χ4n) is 2.63. The highest BCUT2D eigenvalue weighted by Crippen LogP contribution is 2.33. The van der Waals surface area contributed by atoms with Crippen molar-refractivity contribution in [3.05, 3.63) is 59.3 Å². The van der Waals surface area contributed by atoms with E-state index in [1.165, 1.54) is 0 Å². The molecule has 0 spiro atoms. The zero-order valence-corrected chi connectivity index (χ0v) is 14.8. The molecule has 0 saturated carbocycles. The van der Waals surface area contributed by atoms with E-state index in [2.05, 4.69) is 4.99 Å². The number of carbonyl (C=O) groups is 1. The SMILES string of the molecule is CCOc1cccc(C=C2N=C(c3ccccc3OC)OC2=O)c1OC. The number of para-hydroxylation sites is 2. The van der Waals surface area contributed by atoms with Crippen LogP contribution < -0.4 is 14.2 Å². The highest BCUT2D eigenvalue weighted by Gasteiger charge is 2.26. The first-order valence-electron chi connectivity index (χ1n) is 8.13. The van der Waals surface area contributed by atoms with Crippen molar-refractivity contribution in [3.8, 4) is 17.2 Å². The van der Waals surface area contributed by atoms with E-state index in [1.54, 1.807) is 38.5 Å². The Hall–Kier alpha value is -3.28. The Labute approximate surface area is 151 Å². The maximum Gasteiger partial charge on any atom is 0.363 e. The van der Waals surface area contributed by atoms with Gasteiger partial charge in [-0.05, 0) is 31.2 Å². The summed E-state index contributed by atoms with van der Waals surface area (Å²) < 4.78 is 21.6. The second-order valence-electron chi connectivity index (χ2n) is 5.35. The molecule has 26 heavy (non-hydrogen) atoms. The van der Waals surface area contributed by atoms with Gasteiger partial charge in [0.15, 0.2) is 17.2 Å². The van der Waals surface area contributed by atoms with Crippen LogP contribution in [0.3, 0.4) is 0 Å². The molecule has 2 aromatic rings. The lowest BCUT2D eigenvalue weighted by atomic mass is 10.1. The highest BCUT2D eigenvalue weighted by molar-refractivity contribution is 6.13. The Balaban J connectivity index is 2.01. The van der Waals surface area contributed by atoms with E-state index >= 15 is 0 Å². The number of methoxy groups -OCH3 is 2. The molecular formula is C20H19NO5. The topological polar surface area (TPSA) is 66.3 Å². The van der Waals surface area contributed by atoms with E-state index in [1.807, 2.05) is 31.2 Å². The van der Waals surface area contributed by atoms with Crippen molar-refractivity contribution in [3.63, 3.8) is 0 Å². The van der Waals surface area contributed by atoms with Crippen molar-refractivity contribution >= 4 is 17.9 Å². The van der Waals surface area contributed by atoms with Crippen molar-refractivity contribution in [1.82, 2.24) is 0 Å². The van der Waals surface area contributed by atoms with Crippen molar-refractivity contribution in [2.45, 2.75) is 6.92 Å². The van der Waals surface area contributed by atoms with Gasteiger partial charge in [-0.1, -0.05) is 24.3 Å². The molecule has 0 aromatic heterocycles. The van der Waals surface area contributed by atoms with Gasteiger partial charge in [0.1, 0.15) is 5.75 Å². The average Bonchev–Trinajstić information content (AvgIpc) is 3.02. The number of esters is 1. The molecular weight excluding hydrogens is 334 g/mol. The largest absolute Gasteiger partial charge is 0.496 e. The standard InChI is InChI=1S/C20H19NO5/c1-4-25-17-11-7-8-13(18(17)24-3)12-15-20(22)26-19(21-15)14-9-5-6-10-16(14)23-2/h5-12H,4H2,1-3H3. The van der Waals surface area contributed by atoms with Crippen LogP contribution in [-0.2, 0) is 9.53 Å². The normalized spacial score (nSPS) is 14.8. The fourth-order valence-corrected chi connectivity index (χ4v) is 2.63. The first-order valence-corrected chi connectivity index (χ1v) is 8.13. The number of carbonyl (C=O) groups excluding carboxylic acids is 1. The van der Waals surface area contributed by atoms with Crippen LogP contribution in [0.15, 0.2) is 53.2 Å². The first-order chi connectivity index (χ1) is 12.7. The van der Waals surface area contributed by atoms with E-state index in [4.69, 9.17) is 18.9 Å². The van der Waals surface area contributed by atoms with Gasteiger partial charge in [-0.15, -0.1) is 0 Å². The third-order valence-electron chi connectivity index (χ3n) is 3.76. The summed E-state index contributed by atoms with van der Waals surface area (Å²) in [5.41, 5.74) is 1.47. The summed E-state index contributed by atoms with van der Waals surface area (Å²) in [7, 11) is 3.10. The summed E-state index contributed by atoms with van der Waals surface area (Å²) in [5, 5.41) is 0. The molecule has 0 atom stereocenters. The molecule has 6 heteroatoms. The number of ether oxygens (including phenoxy) is 4. The Bertz CT molecular complexity index is 886. The zero-order chi connectivity index (χ0) is 18.5. The predicted molar refractivity (Wildman–Crippen MR) is 97.8 cm³/mol. The smallest absolute Gasteiger partial charge is 0.363 e. The Kier molecular flexibility index (Phi) is 5.22. The van der Waals surface area contributed by atoms with Crippen molar-refractivity contribution in [2.75, 3.05) is 20.8 Å². The molecule has 0 saturated heterocycles. The zero-order valence-electron chi connectivity index (χ0n) is 14.8. The molecule has 0 bridgehead atoms. The molecule has 2 aromatic carbocycles. The average molecular weight is 353 g/mol. The molecule has 0 N–H and O–H groups in total. The van der Waals surface area contributed by atoms with E-state index in [0.29, 0.717) is 35.0 Å². The van der Waals surface area contributed by atoms with Gasteiger partial charge >= 0.3 is 5.97 Å². The molecule has 6 nitrogen and oxygen atoms in total. The van der Waals surface area contributed by atoms with Gasteiger partial charge in [-0.2, -0.15) is 0 Å². The summed E-state index contributed by atoms with van der Waals surface area (Å²) in [4.78, 5) is 16.6. The van der Waals surface area contributed by atoms with Crippen LogP contribution in [0, 0.1) is 0 Å². The van der Waals surface area contributed by atoms with Crippen molar-refractivity contribution < 1.29 is 23.7 Å². The number of hydrogen-bond donors (Lipinski definition) is 0. The number of benzene rings is 2. The van der Waals surface area contributed by atoms with Crippen molar-refractivity contribution in [2.24, 2.45) is 4.99 Å². The molecule has 0 fully saturated rings. The maximum absolute atomic E-state index is 12.3. The quantitative estimate of drug-likeness (QED) is 0.588. The molecule has 0 aliphatic carbocycles. The molecule has 1 heterocycles. The van der Waals surface area contributed by atoms with Crippen LogP contribution in [0.25, 0.3) is 6.08 Å². The molecule has 3 rings (SSSR count). The Morgan fingerprint density at radius 1 is 1.04 bits per heavy atom. The molecule has 1 aliphatic heterocycles. The van der Waals surface area contributed by atoms with Crippen molar-refractivity contribution in [1.29, 1.82) is 0 Å². The van der Waals surface area contributed by atoms with Crippen LogP contribution in [-0.4, -0.2) is 32.7 Å². The highest BCUT2D eigenvalue weighted by atomic mass is 16.6. The van der Waals surface area contributed by atoms with Gasteiger partial charge < -0.3 is 18.9 Å². The minimum Gasteiger partial charge on any atom is -0.496 e. The number of hydrogen-bond acceptors (Lipinski definition) is 6. The van der Waals surface area contributed by atoms with Gasteiger partial charge in [-0.3, -0.25) is 0 Å². The second kappa shape index (κ2) is 7.74. The van der Waals surface area contributed by atoms with E-state index in [-0.39, 0.29) is 11.6 Å². The van der Waals surface area contributed by atoms with E-state index in [9.17, 15) is 4.79 Å². The predicted octanol–water partition coefficient (Wildman–Crippen LogP) is 3.45. The molecule has 0 amide bonds. The van der Waals surface area contributed by atoms with Gasteiger partial charge in [0.25, 0.3) is 0 Å². The minimum atomic E-state index is -0.533. The Morgan fingerprint density at radius 2 is 1.81 bits per heavy atom. The summed E-state index contributed by atoms with van der Waals surface area (Å²) in [6, 6.07) is 12.7. The molecule has 1 aliphatic rings. The first kappa shape index (κ1) is 17.5. The van der Waals surface area contributed by atoms with Crippen LogP contribution >= 0.6 is 0 Å². The van der Waals surface area contributed by atoms with Gasteiger partial charge in [0.2, 0.25) is 5.90 Å². The summed E-state index contributed by atoms with van der Waals surface area (Å²) in [5.74, 6) is 1.39. The lowest BCUT2D eigenvalue weighted by Crippen LogP contribution is -2.06. The van der Waals surface area contributed by atoms with Gasteiger partial charge in [-0.25, -0.2) is 9.79 Å². The Morgan fingerprint density at radius 3 is 2.54 bits per heavy atom. The summed E-state index contributed by atoms with van der Waals surface area (Å²) in [6.45, 7) is 2.40. The number of cyclic esters (lactones) is 1. The lowest BCUT2D eigenvalue weighted by molar-refractivity contribution is -0.129. The number of rotatable bonds is 6. The van der Waals surface area contributed by atoms with Gasteiger partial charge in [0, 0.05) is 5.56 Å². The van der Waals surface area contributed by atoms with Crippen LogP contribution in [0.4, 0.5) is 0 Å². The molecule has 134 valence electrons. The molecule has 0 radical (unpaired) electrons. The van der Waals surface area contributed by atoms with Crippen LogP contribution in [0.1, 0.15) is 18.1 Å². The van der Waals surface area contributed by atoms with Gasteiger partial charge in [0.05, 0.1) is 26.4 Å². The molecule has 0 unspecified atom stereocenters. The fraction of sp³-hybridized carbons (Fsp3) is 0.200. The van der Waals surface area contributed by atoms with Crippen LogP contribution in [0.5, 0.6) is 17.2 Å². The third kappa shape index (κ3) is 3.39. The maximum atomic E-state index is 12.3. The monoisotopic (exact) mass is 353 g/mol. The summed E-state index contributed by atoms with van der Waals surface area (Å²) >= 11 is 0. The number of nitrogens with zero attached hydrogens (tertiary/aromatic N) is 1.